The molecule has 0 aliphatic carbocycles. The molecule has 0 atom stereocenters. The first-order valence-corrected chi connectivity index (χ1v) is 20.7. The van der Waals surface area contributed by atoms with Crippen molar-refractivity contribution in [2.24, 2.45) is 0 Å². The fourth-order valence-corrected chi connectivity index (χ4v) is 8.01. The number of rotatable bonds is 10. The Hall–Kier alpha value is -7.64. The molecular weight excluding hydrogens is 832 g/mol. The van der Waals surface area contributed by atoms with Crippen LogP contribution in [0.3, 0.4) is 0 Å². The van der Waals surface area contributed by atoms with Crippen LogP contribution in [0, 0.1) is 0 Å². The van der Waals surface area contributed by atoms with Crippen LogP contribution in [0.25, 0.3) is 78.7 Å². The molecule has 314 valence electrons. The normalized spacial score (nSPS) is 10.5. The standard InChI is InChI=1S/C56H42N4O2.2ClH/c1-39(61)57-49-27-31-51(32-28-49)59-53(43-15-7-3-8-16-43)35-47(36-54(59)44-17-9-4-10-18-44)41-23-25-42(26-24-41)48-37-55(45-19-11-5-12-20-45)60(56(38-48)46-21-13-6-14-22-46)52-33-29-50(30-34-52)58-40(2)62;;/h3-38H,1-2H3;2*1H. The first kappa shape index (κ1) is 44.4. The fraction of sp³-hybridized carbons (Fsp3) is 0.0357. The molecular formula is C56H44Cl2N4O2. The molecule has 8 heteroatoms. The molecule has 7 aromatic carbocycles. The second-order valence-electron chi connectivity index (χ2n) is 15.2. The van der Waals surface area contributed by atoms with E-state index in [-0.39, 0.29) is 36.6 Å². The first-order chi connectivity index (χ1) is 30.4. The van der Waals surface area contributed by atoms with Crippen molar-refractivity contribution in [3.8, 4) is 78.7 Å². The molecule has 0 aliphatic heterocycles. The van der Waals surface area contributed by atoms with E-state index in [2.05, 4.69) is 190 Å². The van der Waals surface area contributed by atoms with Gasteiger partial charge in [0.25, 0.3) is 0 Å². The van der Waals surface area contributed by atoms with Crippen molar-refractivity contribution in [1.82, 2.24) is 0 Å². The minimum atomic E-state index is -0.105. The number of carbonyl (C=O) groups excluding carboxylic acids is 2. The molecule has 0 fully saturated rings. The van der Waals surface area contributed by atoms with Crippen LogP contribution < -0.4 is 44.6 Å². The van der Waals surface area contributed by atoms with E-state index >= 15 is 0 Å². The summed E-state index contributed by atoms with van der Waals surface area (Å²) in [6, 6.07) is 75.8. The molecule has 0 saturated heterocycles. The molecule has 6 nitrogen and oxygen atoms in total. The van der Waals surface area contributed by atoms with E-state index in [1.807, 2.05) is 48.5 Å². The average Bonchev–Trinajstić information content (AvgIpc) is 3.32. The van der Waals surface area contributed by atoms with Crippen LogP contribution in [0.1, 0.15) is 13.8 Å². The van der Waals surface area contributed by atoms with Gasteiger partial charge < -0.3 is 35.4 Å². The average molecular weight is 876 g/mol. The lowest BCUT2D eigenvalue weighted by molar-refractivity contribution is -0.572. The van der Waals surface area contributed by atoms with E-state index in [1.165, 1.54) is 13.8 Å². The van der Waals surface area contributed by atoms with Gasteiger partial charge in [0.2, 0.25) is 46.0 Å². The lowest BCUT2D eigenvalue weighted by atomic mass is 9.95. The van der Waals surface area contributed by atoms with Gasteiger partial charge in [-0.15, -0.1) is 0 Å². The number of carbonyl (C=O) groups is 2. The van der Waals surface area contributed by atoms with Gasteiger partial charge in [0.1, 0.15) is 0 Å². The maximum absolute atomic E-state index is 11.8. The molecule has 0 unspecified atom stereocenters. The van der Waals surface area contributed by atoms with E-state index in [1.54, 1.807) is 0 Å². The number of benzene rings is 7. The summed E-state index contributed by atoms with van der Waals surface area (Å²) < 4.78 is 4.59. The highest BCUT2D eigenvalue weighted by molar-refractivity contribution is 5.89. The molecule has 2 amide bonds. The first-order valence-electron chi connectivity index (χ1n) is 20.7. The molecule has 9 rings (SSSR count). The smallest absolute Gasteiger partial charge is 0.221 e. The maximum atomic E-state index is 11.8. The van der Waals surface area contributed by atoms with Gasteiger partial charge in [-0.25, -0.2) is 0 Å². The molecule has 2 heterocycles. The van der Waals surface area contributed by atoms with Gasteiger partial charge in [0.05, 0.1) is 0 Å². The maximum Gasteiger partial charge on any atom is 0.221 e. The number of nitrogens with one attached hydrogen (secondary N) is 2. The highest BCUT2D eigenvalue weighted by Gasteiger charge is 2.27. The third-order valence-electron chi connectivity index (χ3n) is 10.9. The van der Waals surface area contributed by atoms with Crippen molar-refractivity contribution >= 4 is 23.2 Å². The Kier molecular flexibility index (Phi) is 13.9. The summed E-state index contributed by atoms with van der Waals surface area (Å²) in [5.74, 6) is -0.210. The van der Waals surface area contributed by atoms with Crippen LogP contribution in [-0.4, -0.2) is 11.8 Å². The predicted octanol–water partition coefficient (Wildman–Crippen LogP) is 6.17. The Bertz CT molecular complexity index is 2690. The number of nitrogens with zero attached hydrogens (tertiary/aromatic N) is 2. The fourth-order valence-electron chi connectivity index (χ4n) is 8.01. The quantitative estimate of drug-likeness (QED) is 0.162. The van der Waals surface area contributed by atoms with E-state index in [0.29, 0.717) is 0 Å². The molecule has 64 heavy (non-hydrogen) atoms. The van der Waals surface area contributed by atoms with Crippen LogP contribution in [0.15, 0.2) is 218 Å². The second-order valence-corrected chi connectivity index (χ2v) is 15.2. The SMILES string of the molecule is CC(=O)Nc1ccc(-[n+]2c(-c3ccccc3)cc(-c3ccc(-c4cc(-c5ccccc5)[n+](-c5ccc(NC(C)=O)cc5)c(-c5ccccc5)c4)cc3)cc2-c2ccccc2)cc1.[Cl-].[Cl-]. The lowest BCUT2D eigenvalue weighted by Crippen LogP contribution is -3.00. The van der Waals surface area contributed by atoms with Crippen molar-refractivity contribution < 1.29 is 43.5 Å². The minimum absolute atomic E-state index is 0. The largest absolute Gasteiger partial charge is 1.00 e. The van der Waals surface area contributed by atoms with Gasteiger partial charge in [-0.1, -0.05) is 97.1 Å². The number of hydrogen-bond donors (Lipinski definition) is 2. The van der Waals surface area contributed by atoms with Crippen LogP contribution in [0.4, 0.5) is 11.4 Å². The van der Waals surface area contributed by atoms with E-state index in [4.69, 9.17) is 0 Å². The molecule has 0 bridgehead atoms. The molecule has 2 N–H and O–H groups in total. The molecule has 0 spiro atoms. The second kappa shape index (κ2) is 20.0. The number of hydrogen-bond acceptors (Lipinski definition) is 2. The van der Waals surface area contributed by atoms with E-state index in [0.717, 1.165) is 90.0 Å². The Morgan fingerprint density at radius 1 is 0.312 bits per heavy atom. The van der Waals surface area contributed by atoms with Crippen molar-refractivity contribution in [2.45, 2.75) is 13.8 Å². The number of halogens is 2. The zero-order valence-electron chi connectivity index (χ0n) is 35.3. The van der Waals surface area contributed by atoms with Crippen molar-refractivity contribution in [3.05, 3.63) is 218 Å². The van der Waals surface area contributed by atoms with Crippen molar-refractivity contribution in [1.29, 1.82) is 0 Å². The summed E-state index contributed by atoms with van der Waals surface area (Å²) in [4.78, 5) is 23.7. The zero-order valence-corrected chi connectivity index (χ0v) is 36.8. The summed E-state index contributed by atoms with van der Waals surface area (Å²) in [6.45, 7) is 3.04. The monoisotopic (exact) mass is 874 g/mol. The number of anilines is 2. The van der Waals surface area contributed by atoms with Crippen molar-refractivity contribution in [2.75, 3.05) is 10.6 Å². The lowest BCUT2D eigenvalue weighted by Gasteiger charge is -2.14. The third kappa shape index (κ3) is 9.69. The Morgan fingerprint density at radius 3 is 0.797 bits per heavy atom. The predicted molar refractivity (Wildman–Crippen MR) is 251 cm³/mol. The molecule has 0 saturated carbocycles. The van der Waals surface area contributed by atoms with Crippen LogP contribution in [0.2, 0.25) is 0 Å². The number of amides is 2. The summed E-state index contributed by atoms with van der Waals surface area (Å²) in [5, 5.41) is 5.80. The molecule has 0 aliphatic rings. The Balaban J connectivity index is 0.00000306. The van der Waals surface area contributed by atoms with Gasteiger partial charge in [0.15, 0.2) is 0 Å². The Labute approximate surface area is 386 Å². The minimum Gasteiger partial charge on any atom is -1.00 e. The summed E-state index contributed by atoms with van der Waals surface area (Å²) in [6.07, 6.45) is 0. The van der Waals surface area contributed by atoms with Crippen LogP contribution in [-0.2, 0) is 9.59 Å². The molecule has 9 aromatic rings. The van der Waals surface area contributed by atoms with E-state index < -0.39 is 0 Å². The highest BCUT2D eigenvalue weighted by Crippen LogP contribution is 2.35. The Morgan fingerprint density at radius 2 is 0.562 bits per heavy atom. The number of pyridine rings is 2. The van der Waals surface area contributed by atoms with Gasteiger partial charge >= 0.3 is 0 Å². The summed E-state index contributed by atoms with van der Waals surface area (Å²) in [5.41, 5.74) is 16.3. The van der Waals surface area contributed by atoms with E-state index in [9.17, 15) is 9.59 Å². The summed E-state index contributed by atoms with van der Waals surface area (Å²) >= 11 is 0. The van der Waals surface area contributed by atoms with Crippen LogP contribution in [0.5, 0.6) is 0 Å². The highest BCUT2D eigenvalue weighted by atomic mass is 35.5. The third-order valence-corrected chi connectivity index (χ3v) is 10.9. The van der Waals surface area contributed by atoms with Gasteiger partial charge in [0, 0.05) is 96.0 Å². The van der Waals surface area contributed by atoms with Gasteiger partial charge in [-0.3, -0.25) is 9.59 Å². The van der Waals surface area contributed by atoms with Gasteiger partial charge in [-0.2, -0.15) is 9.13 Å². The molecule has 2 aromatic heterocycles. The summed E-state index contributed by atoms with van der Waals surface area (Å²) in [7, 11) is 0. The zero-order chi connectivity index (χ0) is 42.4. The van der Waals surface area contributed by atoms with Crippen LogP contribution >= 0.6 is 0 Å². The van der Waals surface area contributed by atoms with Gasteiger partial charge in [-0.05, 0) is 95.1 Å². The van der Waals surface area contributed by atoms with Crippen molar-refractivity contribution in [3.63, 3.8) is 0 Å². The molecule has 0 radical (unpaired) electrons. The number of aromatic nitrogens is 2. The topological polar surface area (TPSA) is 66.0 Å².